The zero-order valence-electron chi connectivity index (χ0n) is 7.10. The number of rotatable bonds is 7. The van der Waals surface area contributed by atoms with E-state index in [0.717, 1.165) is 6.61 Å². The fraction of sp³-hybridized carbons (Fsp3) is 1.00. The van der Waals surface area contributed by atoms with Crippen molar-refractivity contribution < 1.29 is 4.52 Å². The summed E-state index contributed by atoms with van der Waals surface area (Å²) in [5.41, 5.74) is 0. The molecule has 1 radical (unpaired) electrons. The predicted molar refractivity (Wildman–Crippen MR) is 47.6 cm³/mol. The van der Waals surface area contributed by atoms with Gasteiger partial charge in [-0.1, -0.05) is 26.7 Å². The molecule has 0 aromatic heterocycles. The molecular formula is C8H18OP. The summed E-state index contributed by atoms with van der Waals surface area (Å²) < 4.78 is 5.35. The summed E-state index contributed by atoms with van der Waals surface area (Å²) in [5.74, 6) is 0. The Kier molecular flexibility index (Phi) is 9.76. The summed E-state index contributed by atoms with van der Waals surface area (Å²) in [6, 6.07) is 0. The molecule has 1 nitrogen and oxygen atoms in total. The second kappa shape index (κ2) is 9.39. The van der Waals surface area contributed by atoms with Crippen LogP contribution in [0.2, 0.25) is 0 Å². The average Bonchev–Trinajstić information content (AvgIpc) is 1.97. The van der Waals surface area contributed by atoms with Gasteiger partial charge in [-0.15, -0.1) is 0 Å². The molecule has 0 bridgehead atoms. The van der Waals surface area contributed by atoms with Crippen molar-refractivity contribution in [2.75, 3.05) is 12.8 Å². The van der Waals surface area contributed by atoms with Gasteiger partial charge in [0.25, 0.3) is 0 Å². The molecule has 0 saturated heterocycles. The molecule has 61 valence electrons. The van der Waals surface area contributed by atoms with Crippen molar-refractivity contribution in [2.24, 2.45) is 0 Å². The monoisotopic (exact) mass is 161 g/mol. The minimum absolute atomic E-state index is 0.946. The Bertz CT molecular complexity index is 49.2. The van der Waals surface area contributed by atoms with E-state index in [2.05, 4.69) is 13.8 Å². The molecule has 0 heterocycles. The van der Waals surface area contributed by atoms with Crippen molar-refractivity contribution in [1.29, 1.82) is 0 Å². The molecule has 0 aliphatic carbocycles. The van der Waals surface area contributed by atoms with Crippen LogP contribution in [0.5, 0.6) is 0 Å². The molecule has 0 aromatic rings. The summed E-state index contributed by atoms with van der Waals surface area (Å²) in [4.78, 5) is 0. The number of hydrogen-bond donors (Lipinski definition) is 0. The molecule has 0 aromatic carbocycles. The van der Waals surface area contributed by atoms with Gasteiger partial charge in [-0.25, -0.2) is 0 Å². The van der Waals surface area contributed by atoms with Crippen LogP contribution in [0.3, 0.4) is 0 Å². The lowest BCUT2D eigenvalue weighted by Gasteiger charge is -1.99. The molecule has 0 saturated carbocycles. The lowest BCUT2D eigenvalue weighted by atomic mass is 10.4. The summed E-state index contributed by atoms with van der Waals surface area (Å²) in [6.07, 6.45) is 6.24. The normalized spacial score (nSPS) is 11.4. The maximum absolute atomic E-state index is 5.35. The van der Waals surface area contributed by atoms with Crippen LogP contribution in [0.25, 0.3) is 0 Å². The minimum Gasteiger partial charge on any atom is -0.352 e. The van der Waals surface area contributed by atoms with Crippen molar-refractivity contribution in [3.05, 3.63) is 0 Å². The van der Waals surface area contributed by atoms with Crippen LogP contribution in [0.4, 0.5) is 0 Å². The van der Waals surface area contributed by atoms with E-state index in [4.69, 9.17) is 4.52 Å². The quantitative estimate of drug-likeness (QED) is 0.410. The minimum atomic E-state index is 0.946. The van der Waals surface area contributed by atoms with Gasteiger partial charge in [-0.2, -0.15) is 0 Å². The van der Waals surface area contributed by atoms with Crippen molar-refractivity contribution >= 4 is 8.81 Å². The number of hydrogen-bond acceptors (Lipinski definition) is 1. The summed E-state index contributed by atoms with van der Waals surface area (Å²) in [7, 11) is 1.18. The summed E-state index contributed by atoms with van der Waals surface area (Å²) in [6.45, 7) is 5.34. The van der Waals surface area contributed by atoms with Crippen LogP contribution in [0.1, 0.15) is 39.5 Å². The molecule has 0 aliphatic rings. The first-order valence-electron chi connectivity index (χ1n) is 4.20. The highest BCUT2D eigenvalue weighted by molar-refractivity contribution is 7.32. The van der Waals surface area contributed by atoms with Crippen LogP contribution in [-0.2, 0) is 4.52 Å². The first-order valence-corrected chi connectivity index (χ1v) is 5.20. The van der Waals surface area contributed by atoms with E-state index in [1.165, 1.54) is 40.7 Å². The Labute approximate surface area is 66.4 Å². The molecule has 10 heavy (non-hydrogen) atoms. The molecule has 0 amide bonds. The van der Waals surface area contributed by atoms with Gasteiger partial charge in [0.05, 0.1) is 15.4 Å². The van der Waals surface area contributed by atoms with Gasteiger partial charge in [0, 0.05) is 0 Å². The van der Waals surface area contributed by atoms with Crippen LogP contribution in [0, 0.1) is 0 Å². The Morgan fingerprint density at radius 2 is 1.80 bits per heavy atom. The van der Waals surface area contributed by atoms with Gasteiger partial charge in [0.15, 0.2) is 0 Å². The topological polar surface area (TPSA) is 9.23 Å². The Hall–Kier alpha value is 0.390. The van der Waals surface area contributed by atoms with Crippen molar-refractivity contribution in [1.82, 2.24) is 0 Å². The highest BCUT2D eigenvalue weighted by Gasteiger charge is 1.88. The second-order valence-corrected chi connectivity index (χ2v) is 3.36. The van der Waals surface area contributed by atoms with Crippen molar-refractivity contribution in [3.63, 3.8) is 0 Å². The van der Waals surface area contributed by atoms with Gasteiger partial charge in [0.2, 0.25) is 0 Å². The standard InChI is InChI=1S/C8H18OP/c1-3-5-7-9-10-8-6-4-2/h3-8H2,1-2H3. The maximum atomic E-state index is 5.35. The number of unbranched alkanes of at least 4 members (excludes halogenated alkanes) is 2. The highest BCUT2D eigenvalue weighted by Crippen LogP contribution is 2.14. The lowest BCUT2D eigenvalue weighted by molar-refractivity contribution is 0.351. The zero-order valence-corrected chi connectivity index (χ0v) is 7.99. The predicted octanol–water partition coefficient (Wildman–Crippen LogP) is 3.46. The van der Waals surface area contributed by atoms with E-state index in [-0.39, 0.29) is 0 Å². The molecule has 0 atom stereocenters. The first kappa shape index (κ1) is 10.4. The molecule has 0 aliphatic heterocycles. The Balaban J connectivity index is 2.65. The third-order valence-electron chi connectivity index (χ3n) is 1.28. The van der Waals surface area contributed by atoms with E-state index in [0.29, 0.717) is 0 Å². The summed E-state index contributed by atoms with van der Waals surface area (Å²) in [5, 5.41) is 0. The molecule has 2 heteroatoms. The van der Waals surface area contributed by atoms with E-state index < -0.39 is 0 Å². The zero-order chi connectivity index (χ0) is 7.66. The molecule has 0 rings (SSSR count). The molecule has 0 unspecified atom stereocenters. The molecular weight excluding hydrogens is 143 g/mol. The largest absolute Gasteiger partial charge is 0.352 e. The lowest BCUT2D eigenvalue weighted by Crippen LogP contribution is -1.84. The van der Waals surface area contributed by atoms with Crippen LogP contribution in [-0.4, -0.2) is 12.8 Å². The molecule has 0 N–H and O–H groups in total. The van der Waals surface area contributed by atoms with Gasteiger partial charge in [-0.3, -0.25) is 0 Å². The first-order chi connectivity index (χ1) is 4.91. The van der Waals surface area contributed by atoms with E-state index in [1.807, 2.05) is 0 Å². The Morgan fingerprint density at radius 1 is 1.10 bits per heavy atom. The SMILES string of the molecule is CCCCO[P]CCCC. The van der Waals surface area contributed by atoms with Crippen LogP contribution in [0.15, 0.2) is 0 Å². The van der Waals surface area contributed by atoms with E-state index in [9.17, 15) is 0 Å². The third kappa shape index (κ3) is 8.39. The third-order valence-corrected chi connectivity index (χ3v) is 2.15. The maximum Gasteiger partial charge on any atom is 0.0812 e. The van der Waals surface area contributed by atoms with Gasteiger partial charge < -0.3 is 4.52 Å². The highest BCUT2D eigenvalue weighted by atomic mass is 31.1. The Morgan fingerprint density at radius 3 is 2.40 bits per heavy atom. The smallest absolute Gasteiger partial charge is 0.0812 e. The fourth-order valence-electron chi connectivity index (χ4n) is 0.561. The van der Waals surface area contributed by atoms with Gasteiger partial charge in [-0.05, 0) is 19.0 Å². The van der Waals surface area contributed by atoms with Crippen LogP contribution < -0.4 is 0 Å². The van der Waals surface area contributed by atoms with Crippen molar-refractivity contribution in [2.45, 2.75) is 39.5 Å². The van der Waals surface area contributed by atoms with Gasteiger partial charge in [0.1, 0.15) is 0 Å². The van der Waals surface area contributed by atoms with E-state index in [1.54, 1.807) is 0 Å². The summed E-state index contributed by atoms with van der Waals surface area (Å²) >= 11 is 0. The van der Waals surface area contributed by atoms with Crippen LogP contribution >= 0.6 is 8.81 Å². The van der Waals surface area contributed by atoms with E-state index >= 15 is 0 Å². The second-order valence-electron chi connectivity index (χ2n) is 2.39. The van der Waals surface area contributed by atoms with Gasteiger partial charge >= 0.3 is 0 Å². The average molecular weight is 161 g/mol. The molecule has 0 fully saturated rings. The molecule has 0 spiro atoms. The fourth-order valence-corrected chi connectivity index (χ4v) is 1.39. The van der Waals surface area contributed by atoms with Crippen molar-refractivity contribution in [3.8, 4) is 0 Å².